The third-order valence-electron chi connectivity index (χ3n) is 1.88. The molecule has 2 aromatic heterocycles. The Labute approximate surface area is 78.6 Å². The Hall–Kier alpha value is -0.900. The fourth-order valence-electron chi connectivity index (χ4n) is 1.36. The second-order valence-corrected chi connectivity index (χ2v) is 3.57. The van der Waals surface area contributed by atoms with E-state index < -0.39 is 0 Å². The molecule has 4 heteroatoms. The van der Waals surface area contributed by atoms with Crippen molar-refractivity contribution in [3.8, 4) is 0 Å². The lowest BCUT2D eigenvalue weighted by atomic mass is 10.3. The van der Waals surface area contributed by atoms with Crippen LogP contribution in [0.5, 0.6) is 0 Å². The first-order chi connectivity index (χ1) is 5.70. The van der Waals surface area contributed by atoms with E-state index in [-0.39, 0.29) is 0 Å². The fraction of sp³-hybridized carbons (Fsp3) is 0.250. The molecule has 0 radical (unpaired) electrons. The summed E-state index contributed by atoms with van der Waals surface area (Å²) in [5, 5.41) is 4.12. The predicted molar refractivity (Wildman–Crippen MR) is 50.2 cm³/mol. The van der Waals surface area contributed by atoms with Crippen LogP contribution in [0, 0.1) is 13.8 Å². The summed E-state index contributed by atoms with van der Waals surface area (Å²) >= 11 is 3.42. The quantitative estimate of drug-likeness (QED) is 0.688. The summed E-state index contributed by atoms with van der Waals surface area (Å²) in [5.41, 5.74) is 3.29. The smallest absolute Gasteiger partial charge is 0.136 e. The number of halogens is 1. The molecule has 2 heterocycles. The topological polar surface area (TPSA) is 30.2 Å². The van der Waals surface area contributed by atoms with Crippen molar-refractivity contribution >= 4 is 21.4 Å². The maximum Gasteiger partial charge on any atom is 0.136 e. The highest BCUT2D eigenvalue weighted by molar-refractivity contribution is 9.10. The Morgan fingerprint density at radius 1 is 1.42 bits per heavy atom. The second kappa shape index (κ2) is 2.55. The van der Waals surface area contributed by atoms with Gasteiger partial charge < -0.3 is 0 Å². The molecule has 0 atom stereocenters. The van der Waals surface area contributed by atoms with Gasteiger partial charge in [0.15, 0.2) is 0 Å². The number of hydrogen-bond donors (Lipinski definition) is 0. The minimum atomic E-state index is 0.973. The standard InChI is InChI=1S/C8H8BrN3/c1-5-3-7(9)12-8(5)6(2)10-4-11-12/h3-4H,1-2H3. The van der Waals surface area contributed by atoms with Gasteiger partial charge in [-0.2, -0.15) is 5.10 Å². The molecular weight excluding hydrogens is 218 g/mol. The van der Waals surface area contributed by atoms with E-state index in [1.54, 1.807) is 6.33 Å². The maximum atomic E-state index is 4.13. The molecule has 62 valence electrons. The first-order valence-electron chi connectivity index (χ1n) is 3.65. The van der Waals surface area contributed by atoms with E-state index in [9.17, 15) is 0 Å². The van der Waals surface area contributed by atoms with Crippen molar-refractivity contribution in [3.63, 3.8) is 0 Å². The highest BCUT2D eigenvalue weighted by Gasteiger charge is 2.06. The van der Waals surface area contributed by atoms with Gasteiger partial charge in [-0.15, -0.1) is 0 Å². The fourth-order valence-corrected chi connectivity index (χ4v) is 1.97. The number of aryl methyl sites for hydroxylation is 2. The van der Waals surface area contributed by atoms with E-state index in [2.05, 4.69) is 32.9 Å². The zero-order chi connectivity index (χ0) is 8.72. The van der Waals surface area contributed by atoms with Gasteiger partial charge in [-0.1, -0.05) is 0 Å². The Bertz CT molecular complexity index is 433. The van der Waals surface area contributed by atoms with Gasteiger partial charge in [0.2, 0.25) is 0 Å². The number of hydrogen-bond acceptors (Lipinski definition) is 2. The number of fused-ring (bicyclic) bond motifs is 1. The third kappa shape index (κ3) is 0.948. The predicted octanol–water partition coefficient (Wildman–Crippen LogP) is 2.11. The van der Waals surface area contributed by atoms with Gasteiger partial charge in [0.25, 0.3) is 0 Å². The zero-order valence-corrected chi connectivity index (χ0v) is 8.46. The SMILES string of the molecule is Cc1cc(Br)n2ncnc(C)c12. The monoisotopic (exact) mass is 225 g/mol. The summed E-state index contributed by atoms with van der Waals surface area (Å²) in [6, 6.07) is 2.04. The van der Waals surface area contributed by atoms with Crippen molar-refractivity contribution in [3.05, 3.63) is 28.3 Å². The lowest BCUT2D eigenvalue weighted by Crippen LogP contribution is -1.95. The molecule has 0 bridgehead atoms. The van der Waals surface area contributed by atoms with E-state index in [0.717, 1.165) is 15.8 Å². The highest BCUT2D eigenvalue weighted by Crippen LogP contribution is 2.20. The first-order valence-corrected chi connectivity index (χ1v) is 4.45. The minimum Gasteiger partial charge on any atom is -0.238 e. The van der Waals surface area contributed by atoms with Crippen LogP contribution >= 0.6 is 15.9 Å². The van der Waals surface area contributed by atoms with Gasteiger partial charge in [-0.05, 0) is 41.4 Å². The first kappa shape index (κ1) is 7.73. The lowest BCUT2D eigenvalue weighted by molar-refractivity contribution is 0.870. The van der Waals surface area contributed by atoms with Gasteiger partial charge >= 0.3 is 0 Å². The van der Waals surface area contributed by atoms with Crippen LogP contribution < -0.4 is 0 Å². The normalized spacial score (nSPS) is 10.9. The van der Waals surface area contributed by atoms with E-state index >= 15 is 0 Å². The van der Waals surface area contributed by atoms with Crippen LogP contribution in [0.1, 0.15) is 11.3 Å². The van der Waals surface area contributed by atoms with Crippen molar-refractivity contribution in [1.29, 1.82) is 0 Å². The summed E-state index contributed by atoms with van der Waals surface area (Å²) in [7, 11) is 0. The van der Waals surface area contributed by atoms with Crippen LogP contribution in [0.3, 0.4) is 0 Å². The van der Waals surface area contributed by atoms with Crippen LogP contribution in [0.2, 0.25) is 0 Å². The van der Waals surface area contributed by atoms with E-state index in [1.807, 2.05) is 17.5 Å². The molecule has 0 aliphatic carbocycles. The molecule has 0 unspecified atom stereocenters. The molecule has 2 rings (SSSR count). The Morgan fingerprint density at radius 3 is 2.83 bits per heavy atom. The van der Waals surface area contributed by atoms with Gasteiger partial charge in [-0.3, -0.25) is 0 Å². The molecule has 0 aliphatic rings. The van der Waals surface area contributed by atoms with Crippen LogP contribution in [0.15, 0.2) is 17.0 Å². The molecule has 0 fully saturated rings. The van der Waals surface area contributed by atoms with Crippen LogP contribution in [-0.4, -0.2) is 14.6 Å². The second-order valence-electron chi connectivity index (χ2n) is 2.76. The molecular formula is C8H8BrN3. The molecule has 3 nitrogen and oxygen atoms in total. The lowest BCUT2D eigenvalue weighted by Gasteiger charge is -1.97. The summed E-state index contributed by atoms with van der Waals surface area (Å²) in [4.78, 5) is 4.13. The number of aromatic nitrogens is 3. The van der Waals surface area contributed by atoms with E-state index in [1.165, 1.54) is 5.56 Å². The zero-order valence-electron chi connectivity index (χ0n) is 6.87. The molecule has 0 aromatic carbocycles. The average Bonchev–Trinajstić information content (AvgIpc) is 2.29. The Kier molecular flexibility index (Phi) is 1.65. The molecule has 2 aromatic rings. The van der Waals surface area contributed by atoms with Crippen molar-refractivity contribution in [2.24, 2.45) is 0 Å². The van der Waals surface area contributed by atoms with Crippen LogP contribution in [-0.2, 0) is 0 Å². The van der Waals surface area contributed by atoms with Crippen molar-refractivity contribution in [1.82, 2.24) is 14.6 Å². The van der Waals surface area contributed by atoms with Crippen molar-refractivity contribution in [2.45, 2.75) is 13.8 Å². The van der Waals surface area contributed by atoms with E-state index in [4.69, 9.17) is 0 Å². The third-order valence-corrected chi connectivity index (χ3v) is 2.45. The number of nitrogens with zero attached hydrogens (tertiary/aromatic N) is 3. The largest absolute Gasteiger partial charge is 0.238 e. The van der Waals surface area contributed by atoms with Crippen molar-refractivity contribution in [2.75, 3.05) is 0 Å². The number of rotatable bonds is 0. The summed E-state index contributed by atoms with van der Waals surface area (Å²) in [5.74, 6) is 0. The van der Waals surface area contributed by atoms with Crippen molar-refractivity contribution < 1.29 is 0 Å². The van der Waals surface area contributed by atoms with Gasteiger partial charge in [0.05, 0.1) is 11.2 Å². The maximum absolute atomic E-state index is 4.13. The van der Waals surface area contributed by atoms with Crippen LogP contribution in [0.25, 0.3) is 5.52 Å². The molecule has 12 heavy (non-hydrogen) atoms. The van der Waals surface area contributed by atoms with E-state index in [0.29, 0.717) is 0 Å². The Morgan fingerprint density at radius 2 is 2.17 bits per heavy atom. The van der Waals surface area contributed by atoms with Gasteiger partial charge in [-0.25, -0.2) is 9.50 Å². The van der Waals surface area contributed by atoms with Gasteiger partial charge in [0, 0.05) is 0 Å². The Balaban J connectivity index is 2.99. The molecule has 0 aliphatic heterocycles. The average molecular weight is 226 g/mol. The summed E-state index contributed by atoms with van der Waals surface area (Å²) in [6.45, 7) is 4.03. The van der Waals surface area contributed by atoms with Gasteiger partial charge in [0.1, 0.15) is 10.9 Å². The molecule has 0 saturated heterocycles. The summed E-state index contributed by atoms with van der Waals surface area (Å²) < 4.78 is 2.82. The van der Waals surface area contributed by atoms with Crippen LogP contribution in [0.4, 0.5) is 0 Å². The molecule has 0 N–H and O–H groups in total. The summed E-state index contributed by atoms with van der Waals surface area (Å²) in [6.07, 6.45) is 1.56. The molecule has 0 saturated carbocycles. The molecule has 0 amide bonds. The minimum absolute atomic E-state index is 0.973. The molecule has 0 spiro atoms. The highest BCUT2D eigenvalue weighted by atomic mass is 79.9.